The third-order valence-corrected chi connectivity index (χ3v) is 3.14. The summed E-state index contributed by atoms with van der Waals surface area (Å²) in [6.45, 7) is 0. The number of esters is 1. The molecule has 0 heterocycles. The van der Waals surface area contributed by atoms with Gasteiger partial charge in [0.15, 0.2) is 6.04 Å². The fourth-order valence-corrected chi connectivity index (χ4v) is 2.02. The van der Waals surface area contributed by atoms with Crippen molar-refractivity contribution in [1.29, 1.82) is 0 Å². The first-order chi connectivity index (χ1) is 10.0. The molecule has 2 aromatic carbocycles. The van der Waals surface area contributed by atoms with Crippen LogP contribution in [0.15, 0.2) is 42.5 Å². The molecule has 0 aliphatic rings. The minimum Gasteiger partial charge on any atom is -0.467 e. The molecule has 0 aliphatic carbocycles. The van der Waals surface area contributed by atoms with Crippen LogP contribution in [0.4, 0.5) is 14.5 Å². The minimum atomic E-state index is -0.921. The Balaban J connectivity index is 2.34. The van der Waals surface area contributed by atoms with E-state index >= 15 is 0 Å². The average Bonchev–Trinajstić information content (AvgIpc) is 2.47. The molecule has 0 bridgehead atoms. The molecule has 1 atom stereocenters. The maximum atomic E-state index is 13.2. The number of anilines is 1. The highest BCUT2D eigenvalue weighted by Gasteiger charge is 2.22. The highest BCUT2D eigenvalue weighted by atomic mass is 35.5. The fourth-order valence-electron chi connectivity index (χ4n) is 1.83. The number of rotatable bonds is 4. The molecule has 6 heteroatoms. The van der Waals surface area contributed by atoms with E-state index in [4.69, 9.17) is 16.3 Å². The lowest BCUT2D eigenvalue weighted by atomic mass is 10.1. The second kappa shape index (κ2) is 6.54. The third-order valence-electron chi connectivity index (χ3n) is 2.85. The van der Waals surface area contributed by atoms with Crippen LogP contribution in [0.3, 0.4) is 0 Å². The van der Waals surface area contributed by atoms with Gasteiger partial charge in [-0.25, -0.2) is 13.6 Å². The van der Waals surface area contributed by atoms with Gasteiger partial charge in [0.1, 0.15) is 11.6 Å². The predicted molar refractivity (Wildman–Crippen MR) is 76.2 cm³/mol. The Labute approximate surface area is 125 Å². The van der Waals surface area contributed by atoms with Crippen molar-refractivity contribution in [3.05, 3.63) is 64.7 Å². The molecule has 110 valence electrons. The maximum Gasteiger partial charge on any atom is 0.332 e. The van der Waals surface area contributed by atoms with Crippen molar-refractivity contribution in [2.75, 3.05) is 12.4 Å². The van der Waals surface area contributed by atoms with E-state index in [1.54, 1.807) is 6.07 Å². The van der Waals surface area contributed by atoms with Crippen LogP contribution in [-0.2, 0) is 9.53 Å². The van der Waals surface area contributed by atoms with Gasteiger partial charge in [-0.3, -0.25) is 0 Å². The van der Waals surface area contributed by atoms with Crippen molar-refractivity contribution in [3.8, 4) is 0 Å². The SMILES string of the molecule is COC(=O)C(Nc1cccc(F)c1)c1ccc(F)c(Cl)c1. The maximum absolute atomic E-state index is 13.2. The molecule has 3 nitrogen and oxygen atoms in total. The molecule has 21 heavy (non-hydrogen) atoms. The number of carbonyl (C=O) groups excluding carboxylic acids is 1. The van der Waals surface area contributed by atoms with Crippen LogP contribution in [0.5, 0.6) is 0 Å². The van der Waals surface area contributed by atoms with Gasteiger partial charge in [-0.2, -0.15) is 0 Å². The van der Waals surface area contributed by atoms with Crippen LogP contribution in [0, 0.1) is 11.6 Å². The molecule has 1 unspecified atom stereocenters. The largest absolute Gasteiger partial charge is 0.467 e. The molecule has 2 rings (SSSR count). The first-order valence-corrected chi connectivity index (χ1v) is 6.44. The lowest BCUT2D eigenvalue weighted by molar-refractivity contribution is -0.141. The van der Waals surface area contributed by atoms with Gasteiger partial charge < -0.3 is 10.1 Å². The van der Waals surface area contributed by atoms with Gasteiger partial charge in [-0.15, -0.1) is 0 Å². The van der Waals surface area contributed by atoms with Gasteiger partial charge in [0.05, 0.1) is 12.1 Å². The number of ether oxygens (including phenoxy) is 1. The zero-order valence-electron chi connectivity index (χ0n) is 11.1. The molecular weight excluding hydrogens is 300 g/mol. The van der Waals surface area contributed by atoms with Crippen molar-refractivity contribution < 1.29 is 18.3 Å². The van der Waals surface area contributed by atoms with Gasteiger partial charge >= 0.3 is 5.97 Å². The van der Waals surface area contributed by atoms with Crippen LogP contribution in [0.25, 0.3) is 0 Å². The summed E-state index contributed by atoms with van der Waals surface area (Å²) >= 11 is 5.72. The number of carbonyl (C=O) groups is 1. The Morgan fingerprint density at radius 2 is 2.00 bits per heavy atom. The zero-order chi connectivity index (χ0) is 15.4. The van der Waals surface area contributed by atoms with E-state index in [1.807, 2.05) is 0 Å². The Hall–Kier alpha value is -2.14. The summed E-state index contributed by atoms with van der Waals surface area (Å²) in [6.07, 6.45) is 0. The van der Waals surface area contributed by atoms with Gasteiger partial charge in [-0.1, -0.05) is 23.7 Å². The molecule has 0 saturated heterocycles. The van der Waals surface area contributed by atoms with Crippen molar-refractivity contribution >= 4 is 23.3 Å². The van der Waals surface area contributed by atoms with E-state index in [0.29, 0.717) is 11.3 Å². The Bertz CT molecular complexity index is 664. The fraction of sp³-hybridized carbons (Fsp3) is 0.133. The molecule has 1 N–H and O–H groups in total. The third kappa shape index (κ3) is 3.70. The summed E-state index contributed by atoms with van der Waals surface area (Å²) in [5, 5.41) is 2.73. The first-order valence-electron chi connectivity index (χ1n) is 6.06. The molecular formula is C15H12ClF2NO2. The predicted octanol–water partition coefficient (Wildman–Crippen LogP) is 3.94. The van der Waals surface area contributed by atoms with Crippen LogP contribution in [0.2, 0.25) is 5.02 Å². The molecule has 2 aromatic rings. The number of methoxy groups -OCH3 is 1. The standard InChI is InChI=1S/C15H12ClF2NO2/c1-21-15(20)14(9-5-6-13(18)12(16)7-9)19-11-4-2-3-10(17)8-11/h2-8,14,19H,1H3. The van der Waals surface area contributed by atoms with Crippen LogP contribution >= 0.6 is 11.6 Å². The van der Waals surface area contributed by atoms with Crippen molar-refractivity contribution in [2.24, 2.45) is 0 Å². The highest BCUT2D eigenvalue weighted by molar-refractivity contribution is 6.30. The smallest absolute Gasteiger partial charge is 0.332 e. The lowest BCUT2D eigenvalue weighted by Crippen LogP contribution is -2.22. The van der Waals surface area contributed by atoms with E-state index in [1.165, 1.54) is 37.4 Å². The summed E-state index contributed by atoms with van der Waals surface area (Å²) in [5.74, 6) is -1.63. The Morgan fingerprint density at radius 1 is 1.24 bits per heavy atom. The van der Waals surface area contributed by atoms with Crippen molar-refractivity contribution in [3.63, 3.8) is 0 Å². The number of halogens is 3. The Kier molecular flexibility index (Phi) is 4.75. The van der Waals surface area contributed by atoms with E-state index < -0.39 is 23.6 Å². The molecule has 0 amide bonds. The van der Waals surface area contributed by atoms with Crippen LogP contribution in [0.1, 0.15) is 11.6 Å². The number of hydrogen-bond acceptors (Lipinski definition) is 3. The average molecular weight is 312 g/mol. The second-order valence-corrected chi connectivity index (χ2v) is 4.69. The van der Waals surface area contributed by atoms with Gasteiger partial charge in [0.2, 0.25) is 0 Å². The molecule has 0 saturated carbocycles. The van der Waals surface area contributed by atoms with E-state index in [9.17, 15) is 13.6 Å². The van der Waals surface area contributed by atoms with Crippen molar-refractivity contribution in [2.45, 2.75) is 6.04 Å². The molecule has 0 fully saturated rings. The molecule has 0 radical (unpaired) electrons. The van der Waals surface area contributed by atoms with Crippen molar-refractivity contribution in [1.82, 2.24) is 0 Å². The topological polar surface area (TPSA) is 38.3 Å². The minimum absolute atomic E-state index is 0.109. The van der Waals surface area contributed by atoms with Crippen LogP contribution in [-0.4, -0.2) is 13.1 Å². The first kappa shape index (κ1) is 15.3. The van der Waals surface area contributed by atoms with Crippen LogP contribution < -0.4 is 5.32 Å². The Morgan fingerprint density at radius 3 is 2.62 bits per heavy atom. The molecule has 0 spiro atoms. The number of benzene rings is 2. The summed E-state index contributed by atoms with van der Waals surface area (Å²) in [6, 6.07) is 8.60. The zero-order valence-corrected chi connectivity index (χ0v) is 11.8. The van der Waals surface area contributed by atoms with E-state index in [0.717, 1.165) is 6.07 Å². The van der Waals surface area contributed by atoms with Gasteiger partial charge in [-0.05, 0) is 35.9 Å². The summed E-state index contributed by atoms with van der Waals surface area (Å²) in [7, 11) is 1.23. The monoisotopic (exact) mass is 311 g/mol. The highest BCUT2D eigenvalue weighted by Crippen LogP contribution is 2.25. The van der Waals surface area contributed by atoms with E-state index in [2.05, 4.69) is 5.32 Å². The normalized spacial score (nSPS) is 11.8. The number of nitrogens with one attached hydrogen (secondary N) is 1. The second-order valence-electron chi connectivity index (χ2n) is 4.28. The van der Waals surface area contributed by atoms with Gasteiger partial charge in [0, 0.05) is 5.69 Å². The summed E-state index contributed by atoms with van der Waals surface area (Å²) in [5.41, 5.74) is 0.809. The van der Waals surface area contributed by atoms with E-state index in [-0.39, 0.29) is 5.02 Å². The summed E-state index contributed by atoms with van der Waals surface area (Å²) < 4.78 is 31.1. The molecule has 0 aliphatic heterocycles. The number of hydrogen-bond donors (Lipinski definition) is 1. The lowest BCUT2D eigenvalue weighted by Gasteiger charge is -2.18. The quantitative estimate of drug-likeness (QED) is 0.869. The summed E-state index contributed by atoms with van der Waals surface area (Å²) in [4.78, 5) is 11.9. The molecule has 0 aromatic heterocycles. The van der Waals surface area contributed by atoms with Gasteiger partial charge in [0.25, 0.3) is 0 Å².